The Hall–Kier alpha value is -0.410. The molecule has 0 aliphatic carbocycles. The van der Waals surface area contributed by atoms with Crippen molar-refractivity contribution in [2.75, 3.05) is 13.3 Å². The molecule has 2 N–H and O–H groups in total. The van der Waals surface area contributed by atoms with E-state index in [1.807, 2.05) is 13.8 Å². The average Bonchev–Trinajstić information content (AvgIpc) is 1.82. The number of Topliss-reactive ketones (excluding diaryl/α,β-unsaturated/α-hetero) is 1. The molecular formula is C6H13NO2. The van der Waals surface area contributed by atoms with Crippen molar-refractivity contribution in [2.45, 2.75) is 13.8 Å². The van der Waals surface area contributed by atoms with Gasteiger partial charge in [0.05, 0.1) is 6.73 Å². The van der Waals surface area contributed by atoms with Crippen molar-refractivity contribution >= 4 is 5.78 Å². The number of nitrogens with two attached hydrogens (primary N) is 1. The van der Waals surface area contributed by atoms with Gasteiger partial charge in [0.1, 0.15) is 6.61 Å². The lowest BCUT2D eigenvalue weighted by atomic mass is 10.1. The molecular weight excluding hydrogens is 118 g/mol. The van der Waals surface area contributed by atoms with E-state index in [1.54, 1.807) is 0 Å². The summed E-state index contributed by atoms with van der Waals surface area (Å²) in [4.78, 5) is 10.7. The van der Waals surface area contributed by atoms with Crippen LogP contribution in [0.5, 0.6) is 0 Å². The number of carbonyl (C=O) groups excluding carboxylic acids is 1. The van der Waals surface area contributed by atoms with Crippen LogP contribution in [0.15, 0.2) is 0 Å². The maximum absolute atomic E-state index is 10.7. The van der Waals surface area contributed by atoms with Crippen LogP contribution in [0.1, 0.15) is 13.8 Å². The highest BCUT2D eigenvalue weighted by Crippen LogP contribution is 1.93. The van der Waals surface area contributed by atoms with Crippen LogP contribution in [-0.4, -0.2) is 19.1 Å². The molecule has 0 saturated carbocycles. The van der Waals surface area contributed by atoms with Crippen molar-refractivity contribution in [1.29, 1.82) is 0 Å². The summed E-state index contributed by atoms with van der Waals surface area (Å²) < 4.78 is 4.68. The summed E-state index contributed by atoms with van der Waals surface area (Å²) in [5.41, 5.74) is 5.00. The largest absolute Gasteiger partial charge is 0.359 e. The van der Waals surface area contributed by atoms with Crippen LogP contribution in [-0.2, 0) is 9.53 Å². The molecule has 0 aromatic rings. The lowest BCUT2D eigenvalue weighted by molar-refractivity contribution is -0.126. The maximum atomic E-state index is 10.7. The van der Waals surface area contributed by atoms with Gasteiger partial charge in [-0.25, -0.2) is 0 Å². The molecule has 0 spiro atoms. The van der Waals surface area contributed by atoms with Gasteiger partial charge < -0.3 is 10.5 Å². The summed E-state index contributed by atoms with van der Waals surface area (Å²) in [5.74, 6) is 0.150. The van der Waals surface area contributed by atoms with Crippen molar-refractivity contribution in [2.24, 2.45) is 11.7 Å². The van der Waals surface area contributed by atoms with E-state index in [-0.39, 0.29) is 25.0 Å². The third-order valence-electron chi connectivity index (χ3n) is 1.01. The van der Waals surface area contributed by atoms with Gasteiger partial charge in [-0.3, -0.25) is 4.79 Å². The van der Waals surface area contributed by atoms with Crippen LogP contribution in [0, 0.1) is 5.92 Å². The summed E-state index contributed by atoms with van der Waals surface area (Å²) >= 11 is 0. The molecule has 3 heteroatoms. The van der Waals surface area contributed by atoms with E-state index in [0.29, 0.717) is 0 Å². The summed E-state index contributed by atoms with van der Waals surface area (Å²) in [6.45, 7) is 3.94. The highest BCUT2D eigenvalue weighted by Gasteiger charge is 2.05. The minimum absolute atomic E-state index is 0.0524. The fourth-order valence-electron chi connectivity index (χ4n) is 0.326. The molecule has 0 fully saturated rings. The van der Waals surface area contributed by atoms with Crippen LogP contribution >= 0.6 is 0 Å². The van der Waals surface area contributed by atoms with E-state index >= 15 is 0 Å². The Morgan fingerprint density at radius 1 is 1.67 bits per heavy atom. The zero-order valence-corrected chi connectivity index (χ0v) is 5.89. The molecule has 0 bridgehead atoms. The highest BCUT2D eigenvalue weighted by atomic mass is 16.5. The molecule has 54 valence electrons. The summed E-state index contributed by atoms with van der Waals surface area (Å²) in [7, 11) is 0. The molecule has 0 rings (SSSR count). The topological polar surface area (TPSA) is 52.3 Å². The lowest BCUT2D eigenvalue weighted by Crippen LogP contribution is -2.17. The monoisotopic (exact) mass is 131 g/mol. The number of carbonyl (C=O) groups is 1. The van der Waals surface area contributed by atoms with Crippen LogP contribution < -0.4 is 5.73 Å². The third kappa shape index (κ3) is 4.12. The van der Waals surface area contributed by atoms with Crippen LogP contribution in [0.2, 0.25) is 0 Å². The van der Waals surface area contributed by atoms with Crippen molar-refractivity contribution in [1.82, 2.24) is 0 Å². The minimum Gasteiger partial charge on any atom is -0.359 e. The number of rotatable bonds is 4. The van der Waals surface area contributed by atoms with Gasteiger partial charge >= 0.3 is 0 Å². The van der Waals surface area contributed by atoms with Gasteiger partial charge in [0.15, 0.2) is 5.78 Å². The molecule has 0 aromatic heterocycles. The normalized spacial score (nSPS) is 10.2. The second-order valence-corrected chi connectivity index (χ2v) is 2.14. The number of ketones is 1. The van der Waals surface area contributed by atoms with E-state index in [2.05, 4.69) is 4.74 Å². The molecule has 0 unspecified atom stereocenters. The van der Waals surface area contributed by atoms with E-state index in [0.717, 1.165) is 0 Å². The van der Waals surface area contributed by atoms with Crippen molar-refractivity contribution in [3.8, 4) is 0 Å². The van der Waals surface area contributed by atoms with Gasteiger partial charge in [0.25, 0.3) is 0 Å². The number of hydrogen-bond acceptors (Lipinski definition) is 3. The molecule has 0 aromatic carbocycles. The van der Waals surface area contributed by atoms with Crippen LogP contribution in [0.4, 0.5) is 0 Å². The molecule has 3 nitrogen and oxygen atoms in total. The SMILES string of the molecule is CC(C)C(=O)COCN. The van der Waals surface area contributed by atoms with Gasteiger partial charge in [0, 0.05) is 5.92 Å². The Morgan fingerprint density at radius 2 is 2.22 bits per heavy atom. The molecule has 0 amide bonds. The van der Waals surface area contributed by atoms with E-state index in [9.17, 15) is 4.79 Å². The van der Waals surface area contributed by atoms with Crippen LogP contribution in [0.3, 0.4) is 0 Å². The minimum atomic E-state index is 0.0524. The standard InChI is InChI=1S/C6H13NO2/c1-5(2)6(8)3-9-4-7/h5H,3-4,7H2,1-2H3. The Kier molecular flexibility index (Phi) is 4.26. The Bertz CT molecular complexity index is 91.1. The first-order chi connectivity index (χ1) is 4.18. The first-order valence-corrected chi connectivity index (χ1v) is 2.99. The van der Waals surface area contributed by atoms with E-state index in [4.69, 9.17) is 5.73 Å². The predicted octanol–water partition coefficient (Wildman–Crippen LogP) is 0.144. The molecule has 0 aliphatic heterocycles. The first-order valence-electron chi connectivity index (χ1n) is 2.99. The number of hydrogen-bond donors (Lipinski definition) is 1. The summed E-state index contributed by atoms with van der Waals surface area (Å²) in [5, 5.41) is 0. The van der Waals surface area contributed by atoms with Gasteiger partial charge in [-0.1, -0.05) is 13.8 Å². The average molecular weight is 131 g/mol. The van der Waals surface area contributed by atoms with Crippen molar-refractivity contribution in [3.05, 3.63) is 0 Å². The Morgan fingerprint density at radius 3 is 2.56 bits per heavy atom. The maximum Gasteiger partial charge on any atom is 0.161 e. The van der Waals surface area contributed by atoms with Gasteiger partial charge in [-0.05, 0) is 0 Å². The molecule has 9 heavy (non-hydrogen) atoms. The van der Waals surface area contributed by atoms with Gasteiger partial charge in [-0.15, -0.1) is 0 Å². The molecule has 0 atom stereocenters. The predicted molar refractivity (Wildman–Crippen MR) is 34.9 cm³/mol. The van der Waals surface area contributed by atoms with Gasteiger partial charge in [0.2, 0.25) is 0 Å². The second-order valence-electron chi connectivity index (χ2n) is 2.14. The Balaban J connectivity index is 3.28. The number of ether oxygens (including phenoxy) is 1. The zero-order valence-electron chi connectivity index (χ0n) is 5.89. The van der Waals surface area contributed by atoms with E-state index < -0.39 is 0 Å². The Labute approximate surface area is 55.2 Å². The quantitative estimate of drug-likeness (QED) is 0.552. The summed E-state index contributed by atoms with van der Waals surface area (Å²) in [6.07, 6.45) is 0. The second kappa shape index (κ2) is 4.47. The highest BCUT2D eigenvalue weighted by molar-refractivity contribution is 5.81. The zero-order chi connectivity index (χ0) is 7.28. The fraction of sp³-hybridized carbons (Fsp3) is 0.833. The molecule has 0 saturated heterocycles. The summed E-state index contributed by atoms with van der Waals surface area (Å²) in [6, 6.07) is 0. The lowest BCUT2D eigenvalue weighted by Gasteiger charge is -2.01. The fourth-order valence-corrected chi connectivity index (χ4v) is 0.326. The third-order valence-corrected chi connectivity index (χ3v) is 1.01. The molecule has 0 radical (unpaired) electrons. The molecule has 0 heterocycles. The van der Waals surface area contributed by atoms with Gasteiger partial charge in [-0.2, -0.15) is 0 Å². The van der Waals surface area contributed by atoms with Crippen molar-refractivity contribution in [3.63, 3.8) is 0 Å². The van der Waals surface area contributed by atoms with Crippen molar-refractivity contribution < 1.29 is 9.53 Å². The van der Waals surface area contributed by atoms with Crippen LogP contribution in [0.25, 0.3) is 0 Å². The van der Waals surface area contributed by atoms with E-state index in [1.165, 1.54) is 0 Å². The first kappa shape index (κ1) is 8.59. The smallest absolute Gasteiger partial charge is 0.161 e. The molecule has 0 aliphatic rings.